The van der Waals surface area contributed by atoms with Gasteiger partial charge >= 0.3 is 0 Å². The smallest absolute Gasteiger partial charge is 0.255 e. The van der Waals surface area contributed by atoms with E-state index in [1.807, 2.05) is 24.3 Å². The van der Waals surface area contributed by atoms with Crippen LogP contribution >= 0.6 is 0 Å². The predicted molar refractivity (Wildman–Crippen MR) is 103 cm³/mol. The molecule has 1 heterocycles. The summed E-state index contributed by atoms with van der Waals surface area (Å²) in [5.74, 6) is 0.123. The molecule has 0 bridgehead atoms. The maximum absolute atomic E-state index is 12.5. The van der Waals surface area contributed by atoms with Gasteiger partial charge in [-0.3, -0.25) is 4.79 Å². The minimum absolute atomic E-state index is 0.234. The van der Waals surface area contributed by atoms with Crippen LogP contribution in [0.5, 0.6) is 0 Å². The molecule has 0 aromatic heterocycles. The van der Waals surface area contributed by atoms with Gasteiger partial charge in [-0.05, 0) is 60.7 Å². The van der Waals surface area contributed by atoms with Crippen molar-refractivity contribution in [3.63, 3.8) is 0 Å². The zero-order valence-corrected chi connectivity index (χ0v) is 15.9. The number of nitrogens with zero attached hydrogens (tertiary/aromatic N) is 1. The van der Waals surface area contributed by atoms with Crippen LogP contribution in [0.4, 0.5) is 5.69 Å². The fraction of sp³-hybridized carbons (Fsp3) is 0.350. The van der Waals surface area contributed by atoms with Gasteiger partial charge in [0.15, 0.2) is 0 Å². The number of sulfonamides is 1. The molecule has 0 aliphatic carbocycles. The van der Waals surface area contributed by atoms with Gasteiger partial charge in [-0.2, -0.15) is 4.31 Å². The van der Waals surface area contributed by atoms with Gasteiger partial charge in [-0.15, -0.1) is 0 Å². The summed E-state index contributed by atoms with van der Waals surface area (Å²) in [7, 11) is -3.45. The SMILES string of the molecule is CC(C)c1cccc(NC(=O)c2ccc(S(=O)(=O)N3CCCC3)cc2)c1. The summed E-state index contributed by atoms with van der Waals surface area (Å²) in [6.07, 6.45) is 1.80. The Morgan fingerprint density at radius 3 is 2.31 bits per heavy atom. The summed E-state index contributed by atoms with van der Waals surface area (Å²) in [4.78, 5) is 12.7. The highest BCUT2D eigenvalue weighted by atomic mass is 32.2. The van der Waals surface area contributed by atoms with E-state index in [4.69, 9.17) is 0 Å². The summed E-state index contributed by atoms with van der Waals surface area (Å²) in [6.45, 7) is 5.33. The maximum atomic E-state index is 12.5. The number of anilines is 1. The number of rotatable bonds is 5. The molecule has 2 aromatic carbocycles. The fourth-order valence-corrected chi connectivity index (χ4v) is 4.55. The first-order valence-corrected chi connectivity index (χ1v) is 10.3. The van der Waals surface area contributed by atoms with Crippen LogP contribution in [0, 0.1) is 0 Å². The molecule has 1 saturated heterocycles. The standard InChI is InChI=1S/C20H24N2O3S/c1-15(2)17-6-5-7-18(14-17)21-20(23)16-8-10-19(11-9-16)26(24,25)22-12-3-4-13-22/h5-11,14-15H,3-4,12-13H2,1-2H3,(H,21,23). The van der Waals surface area contributed by atoms with Gasteiger partial charge in [-0.1, -0.05) is 26.0 Å². The molecule has 0 saturated carbocycles. The zero-order valence-electron chi connectivity index (χ0n) is 15.1. The number of carbonyl (C=O) groups excluding carboxylic acids is 1. The second kappa shape index (κ2) is 7.60. The first kappa shape index (κ1) is 18.6. The average Bonchev–Trinajstić information content (AvgIpc) is 3.17. The van der Waals surface area contributed by atoms with Crippen LogP contribution in [0.15, 0.2) is 53.4 Å². The molecule has 0 unspecified atom stereocenters. The first-order chi connectivity index (χ1) is 12.4. The van der Waals surface area contributed by atoms with E-state index in [9.17, 15) is 13.2 Å². The van der Waals surface area contributed by atoms with Crippen LogP contribution in [0.2, 0.25) is 0 Å². The molecule has 1 N–H and O–H groups in total. The van der Waals surface area contributed by atoms with Gasteiger partial charge in [0.25, 0.3) is 5.91 Å². The fourth-order valence-electron chi connectivity index (χ4n) is 3.03. The zero-order chi connectivity index (χ0) is 18.7. The molecule has 5 nitrogen and oxygen atoms in total. The average molecular weight is 372 g/mol. The number of amides is 1. The molecule has 2 aromatic rings. The van der Waals surface area contributed by atoms with Crippen molar-refractivity contribution in [1.29, 1.82) is 0 Å². The van der Waals surface area contributed by atoms with E-state index < -0.39 is 10.0 Å². The van der Waals surface area contributed by atoms with E-state index in [2.05, 4.69) is 19.2 Å². The van der Waals surface area contributed by atoms with E-state index >= 15 is 0 Å². The topological polar surface area (TPSA) is 66.5 Å². The Kier molecular flexibility index (Phi) is 5.44. The van der Waals surface area contributed by atoms with Crippen LogP contribution in [0.25, 0.3) is 0 Å². The Morgan fingerprint density at radius 1 is 1.04 bits per heavy atom. The number of benzene rings is 2. The van der Waals surface area contributed by atoms with Crippen LogP contribution in [0.3, 0.4) is 0 Å². The van der Waals surface area contributed by atoms with Crippen molar-refractivity contribution in [1.82, 2.24) is 4.31 Å². The number of hydrogen-bond donors (Lipinski definition) is 1. The number of hydrogen-bond acceptors (Lipinski definition) is 3. The highest BCUT2D eigenvalue weighted by Crippen LogP contribution is 2.22. The maximum Gasteiger partial charge on any atom is 0.255 e. The molecule has 1 aliphatic heterocycles. The number of carbonyl (C=O) groups is 1. The van der Waals surface area contributed by atoms with Crippen LogP contribution in [-0.2, 0) is 10.0 Å². The van der Waals surface area contributed by atoms with E-state index in [0.29, 0.717) is 24.6 Å². The lowest BCUT2D eigenvalue weighted by molar-refractivity contribution is 0.102. The second-order valence-electron chi connectivity index (χ2n) is 6.87. The molecule has 0 spiro atoms. The van der Waals surface area contributed by atoms with Crippen LogP contribution in [-0.4, -0.2) is 31.7 Å². The molecule has 0 atom stereocenters. The Bertz CT molecular complexity index is 884. The number of nitrogens with one attached hydrogen (secondary N) is 1. The van der Waals surface area contributed by atoms with E-state index in [1.165, 1.54) is 16.4 Å². The van der Waals surface area contributed by atoms with Crippen molar-refractivity contribution in [2.45, 2.75) is 37.5 Å². The molecule has 6 heteroatoms. The quantitative estimate of drug-likeness (QED) is 0.867. The highest BCUT2D eigenvalue weighted by molar-refractivity contribution is 7.89. The van der Waals surface area contributed by atoms with E-state index in [1.54, 1.807) is 12.1 Å². The lowest BCUT2D eigenvalue weighted by Crippen LogP contribution is -2.27. The first-order valence-electron chi connectivity index (χ1n) is 8.89. The summed E-state index contributed by atoms with van der Waals surface area (Å²) in [6, 6.07) is 13.9. The van der Waals surface area contributed by atoms with Crippen molar-refractivity contribution in [3.05, 3.63) is 59.7 Å². The monoisotopic (exact) mass is 372 g/mol. The Labute approximate surface area is 155 Å². The Hall–Kier alpha value is -2.18. The van der Waals surface area contributed by atoms with Gasteiger partial charge in [-0.25, -0.2) is 8.42 Å². The van der Waals surface area contributed by atoms with Gasteiger partial charge < -0.3 is 5.32 Å². The minimum Gasteiger partial charge on any atom is -0.322 e. The largest absolute Gasteiger partial charge is 0.322 e. The van der Waals surface area contributed by atoms with Crippen molar-refractivity contribution in [2.75, 3.05) is 18.4 Å². The molecule has 138 valence electrons. The highest BCUT2D eigenvalue weighted by Gasteiger charge is 2.27. The van der Waals surface area contributed by atoms with Crippen LogP contribution in [0.1, 0.15) is 48.5 Å². The van der Waals surface area contributed by atoms with Gasteiger partial charge in [0.2, 0.25) is 10.0 Å². The second-order valence-corrected chi connectivity index (χ2v) is 8.81. The van der Waals surface area contributed by atoms with Crippen molar-refractivity contribution >= 4 is 21.6 Å². The molecule has 1 aliphatic rings. The normalized spacial score (nSPS) is 15.3. The summed E-state index contributed by atoms with van der Waals surface area (Å²) >= 11 is 0. The van der Waals surface area contributed by atoms with E-state index in [0.717, 1.165) is 24.1 Å². The third-order valence-corrected chi connectivity index (χ3v) is 6.54. The minimum atomic E-state index is -3.45. The van der Waals surface area contributed by atoms with Gasteiger partial charge in [0.1, 0.15) is 0 Å². The van der Waals surface area contributed by atoms with Crippen molar-refractivity contribution < 1.29 is 13.2 Å². The molecule has 26 heavy (non-hydrogen) atoms. The van der Waals surface area contributed by atoms with Crippen molar-refractivity contribution in [2.24, 2.45) is 0 Å². The van der Waals surface area contributed by atoms with Gasteiger partial charge in [0.05, 0.1) is 4.90 Å². The third-order valence-electron chi connectivity index (χ3n) is 4.63. The Morgan fingerprint density at radius 2 is 1.69 bits per heavy atom. The molecule has 1 amide bonds. The van der Waals surface area contributed by atoms with Crippen LogP contribution < -0.4 is 5.32 Å². The van der Waals surface area contributed by atoms with E-state index in [-0.39, 0.29) is 10.8 Å². The predicted octanol–water partition coefficient (Wildman–Crippen LogP) is 3.85. The summed E-state index contributed by atoms with van der Waals surface area (Å²) in [5, 5.41) is 2.87. The molecule has 1 fully saturated rings. The molecular weight excluding hydrogens is 348 g/mol. The molecular formula is C20H24N2O3S. The van der Waals surface area contributed by atoms with Crippen molar-refractivity contribution in [3.8, 4) is 0 Å². The van der Waals surface area contributed by atoms with Gasteiger partial charge in [0, 0.05) is 24.3 Å². The summed E-state index contributed by atoms with van der Waals surface area (Å²) < 4.78 is 26.6. The Balaban J connectivity index is 1.74. The molecule has 0 radical (unpaired) electrons. The third kappa shape index (κ3) is 3.97. The lowest BCUT2D eigenvalue weighted by Gasteiger charge is -2.15. The molecule has 3 rings (SSSR count). The lowest BCUT2D eigenvalue weighted by atomic mass is 10.0. The summed E-state index contributed by atoms with van der Waals surface area (Å²) in [5.41, 5.74) is 2.31.